The van der Waals surface area contributed by atoms with Gasteiger partial charge in [0.05, 0.1) is 23.3 Å². The molecule has 5 aromatic rings. The van der Waals surface area contributed by atoms with Crippen LogP contribution in [0.4, 0.5) is 18.9 Å². The minimum atomic E-state index is -4.51. The van der Waals surface area contributed by atoms with Gasteiger partial charge in [-0.2, -0.15) is 13.2 Å². The van der Waals surface area contributed by atoms with Crippen LogP contribution in [0.2, 0.25) is 0 Å². The number of fused-ring (bicyclic) bond motifs is 1. The van der Waals surface area contributed by atoms with Crippen molar-refractivity contribution in [2.24, 2.45) is 0 Å². The molecule has 0 bridgehead atoms. The molecule has 10 heteroatoms. The molecule has 2 aromatic heterocycles. The van der Waals surface area contributed by atoms with Gasteiger partial charge in [0.1, 0.15) is 5.76 Å². The Morgan fingerprint density at radius 1 is 1.05 bits per heavy atom. The first kappa shape index (κ1) is 27.7. The van der Waals surface area contributed by atoms with Gasteiger partial charge in [-0.05, 0) is 53.9 Å². The molecule has 0 aliphatic heterocycles. The molecule has 5 rings (SSSR count). The Balaban J connectivity index is 1.59. The molecular formula is C31H26F3N3O4. The second-order valence-corrected chi connectivity index (χ2v) is 9.89. The molecule has 0 radical (unpaired) electrons. The molecule has 1 atom stereocenters. The lowest BCUT2D eigenvalue weighted by atomic mass is 9.87. The van der Waals surface area contributed by atoms with Gasteiger partial charge in [-0.25, -0.2) is 0 Å². The second-order valence-electron chi connectivity index (χ2n) is 9.89. The molecular weight excluding hydrogens is 535 g/mol. The van der Waals surface area contributed by atoms with Gasteiger partial charge in [0.2, 0.25) is 5.91 Å². The Morgan fingerprint density at radius 2 is 1.78 bits per heavy atom. The van der Waals surface area contributed by atoms with E-state index in [0.717, 1.165) is 23.3 Å². The zero-order valence-corrected chi connectivity index (χ0v) is 22.0. The molecule has 1 unspecified atom stereocenters. The van der Waals surface area contributed by atoms with Crippen molar-refractivity contribution in [3.05, 3.63) is 135 Å². The number of nitro groups is 1. The van der Waals surface area contributed by atoms with Crippen molar-refractivity contribution in [2.45, 2.75) is 38.5 Å². The van der Waals surface area contributed by atoms with Crippen LogP contribution in [0.3, 0.4) is 0 Å². The molecule has 2 heterocycles. The summed E-state index contributed by atoms with van der Waals surface area (Å²) in [6.45, 7) is 2.59. The van der Waals surface area contributed by atoms with Crippen LogP contribution in [0.1, 0.15) is 45.9 Å². The highest BCUT2D eigenvalue weighted by Crippen LogP contribution is 2.38. The standard InChI is InChI=1S/C31H26F3N3O4/c1-20-4-6-21(7-5-20)18-36-19-28(27-15-24(37(39)40)12-13-29(27)36)26(16-30(38)35-17-25-3-2-14-41-25)22-8-10-23(11-9-22)31(32,33)34/h2-15,19,26H,16-18H2,1H3,(H,35,38). The SMILES string of the molecule is Cc1ccc(Cn2cc(C(CC(=O)NCc3ccco3)c3ccc(C(F)(F)F)cc3)c3cc([N+](=O)[O-])ccc32)cc1. The number of carbonyl (C=O) groups is 1. The maximum absolute atomic E-state index is 13.3. The van der Waals surface area contributed by atoms with Crippen LogP contribution in [0, 0.1) is 17.0 Å². The van der Waals surface area contributed by atoms with Crippen LogP contribution >= 0.6 is 0 Å². The molecule has 210 valence electrons. The van der Waals surface area contributed by atoms with Gasteiger partial charge in [-0.1, -0.05) is 42.0 Å². The van der Waals surface area contributed by atoms with Crippen molar-refractivity contribution in [3.8, 4) is 0 Å². The van der Waals surface area contributed by atoms with Crippen molar-refractivity contribution >= 4 is 22.5 Å². The number of rotatable bonds is 9. The molecule has 0 saturated heterocycles. The fraction of sp³-hybridized carbons (Fsp3) is 0.194. The Labute approximate surface area is 233 Å². The number of nitrogens with one attached hydrogen (secondary N) is 1. The van der Waals surface area contributed by atoms with E-state index in [2.05, 4.69) is 5.32 Å². The van der Waals surface area contributed by atoms with Gasteiger partial charge < -0.3 is 14.3 Å². The maximum atomic E-state index is 13.3. The van der Waals surface area contributed by atoms with E-state index in [1.165, 1.54) is 30.5 Å². The summed E-state index contributed by atoms with van der Waals surface area (Å²) in [4.78, 5) is 24.3. The lowest BCUT2D eigenvalue weighted by Gasteiger charge is -2.18. The second kappa shape index (κ2) is 11.3. The van der Waals surface area contributed by atoms with Gasteiger partial charge in [0.25, 0.3) is 5.69 Å². The van der Waals surface area contributed by atoms with E-state index in [1.54, 1.807) is 18.2 Å². The Hall–Kier alpha value is -4.86. The third-order valence-corrected chi connectivity index (χ3v) is 7.03. The molecule has 1 amide bonds. The number of furan rings is 1. The van der Waals surface area contributed by atoms with E-state index in [0.29, 0.717) is 34.3 Å². The Kier molecular flexibility index (Phi) is 7.65. The minimum Gasteiger partial charge on any atom is -0.467 e. The topological polar surface area (TPSA) is 90.3 Å². The average molecular weight is 562 g/mol. The van der Waals surface area contributed by atoms with E-state index < -0.39 is 22.6 Å². The third kappa shape index (κ3) is 6.32. The fourth-order valence-electron chi connectivity index (χ4n) is 4.89. The zero-order chi connectivity index (χ0) is 29.1. The monoisotopic (exact) mass is 561 g/mol. The minimum absolute atomic E-state index is 0.0988. The number of aromatic nitrogens is 1. The summed E-state index contributed by atoms with van der Waals surface area (Å²) in [5.41, 5.74) is 2.96. The van der Waals surface area contributed by atoms with Crippen molar-refractivity contribution in [1.82, 2.24) is 9.88 Å². The highest BCUT2D eigenvalue weighted by atomic mass is 19.4. The van der Waals surface area contributed by atoms with Crippen LogP contribution in [0.25, 0.3) is 10.9 Å². The van der Waals surface area contributed by atoms with Gasteiger partial charge in [0.15, 0.2) is 0 Å². The van der Waals surface area contributed by atoms with Crippen LogP contribution in [-0.2, 0) is 24.1 Å². The van der Waals surface area contributed by atoms with Crippen molar-refractivity contribution in [3.63, 3.8) is 0 Å². The number of hydrogen-bond acceptors (Lipinski definition) is 4. The van der Waals surface area contributed by atoms with Gasteiger partial charge in [0, 0.05) is 48.1 Å². The maximum Gasteiger partial charge on any atom is 0.416 e. The van der Waals surface area contributed by atoms with Gasteiger partial charge in [-0.3, -0.25) is 14.9 Å². The highest BCUT2D eigenvalue weighted by Gasteiger charge is 2.31. The summed E-state index contributed by atoms with van der Waals surface area (Å²) >= 11 is 0. The first-order valence-corrected chi connectivity index (χ1v) is 12.9. The number of nitrogens with zero attached hydrogens (tertiary/aromatic N) is 2. The number of amides is 1. The van der Waals surface area contributed by atoms with Crippen LogP contribution in [0.5, 0.6) is 0 Å². The van der Waals surface area contributed by atoms with E-state index in [-0.39, 0.29) is 24.6 Å². The molecule has 1 N–H and O–H groups in total. The van der Waals surface area contributed by atoms with Crippen molar-refractivity contribution in [2.75, 3.05) is 0 Å². The number of hydrogen-bond donors (Lipinski definition) is 1. The molecule has 0 fully saturated rings. The predicted molar refractivity (Wildman–Crippen MR) is 147 cm³/mol. The fourth-order valence-corrected chi connectivity index (χ4v) is 4.89. The Morgan fingerprint density at radius 3 is 2.41 bits per heavy atom. The number of aryl methyl sites for hydroxylation is 1. The molecule has 3 aromatic carbocycles. The first-order chi connectivity index (χ1) is 19.6. The van der Waals surface area contributed by atoms with Crippen LogP contribution in [0.15, 0.2) is 95.7 Å². The summed E-state index contributed by atoms with van der Waals surface area (Å²) in [5.74, 6) is -0.483. The lowest BCUT2D eigenvalue weighted by Crippen LogP contribution is -2.24. The molecule has 0 spiro atoms. The smallest absolute Gasteiger partial charge is 0.416 e. The number of alkyl halides is 3. The number of non-ortho nitro benzene ring substituents is 1. The summed E-state index contributed by atoms with van der Waals surface area (Å²) < 4.78 is 47.2. The van der Waals surface area contributed by atoms with E-state index >= 15 is 0 Å². The zero-order valence-electron chi connectivity index (χ0n) is 22.0. The van der Waals surface area contributed by atoms with Crippen molar-refractivity contribution in [1.29, 1.82) is 0 Å². The molecule has 0 aliphatic rings. The summed E-state index contributed by atoms with van der Waals surface area (Å²) in [5, 5.41) is 15.0. The number of nitro benzene ring substituents is 1. The number of benzene rings is 3. The Bertz CT molecular complexity index is 1670. The van der Waals surface area contributed by atoms with Gasteiger partial charge in [-0.15, -0.1) is 0 Å². The van der Waals surface area contributed by atoms with Crippen LogP contribution in [-0.4, -0.2) is 15.4 Å². The van der Waals surface area contributed by atoms with E-state index in [4.69, 9.17) is 4.42 Å². The molecule has 41 heavy (non-hydrogen) atoms. The van der Waals surface area contributed by atoms with Crippen molar-refractivity contribution < 1.29 is 27.3 Å². The lowest BCUT2D eigenvalue weighted by molar-refractivity contribution is -0.384. The average Bonchev–Trinajstić information content (AvgIpc) is 3.59. The highest BCUT2D eigenvalue weighted by molar-refractivity contribution is 5.88. The van der Waals surface area contributed by atoms with E-state index in [1.807, 2.05) is 42.0 Å². The number of halogens is 3. The largest absolute Gasteiger partial charge is 0.467 e. The summed E-state index contributed by atoms with van der Waals surface area (Å²) in [6, 6.07) is 20.6. The number of carbonyl (C=O) groups excluding carboxylic acids is 1. The first-order valence-electron chi connectivity index (χ1n) is 12.9. The molecule has 7 nitrogen and oxygen atoms in total. The molecule has 0 aliphatic carbocycles. The summed E-state index contributed by atoms with van der Waals surface area (Å²) in [7, 11) is 0. The summed E-state index contributed by atoms with van der Waals surface area (Å²) in [6.07, 6.45) is -1.30. The molecule has 0 saturated carbocycles. The predicted octanol–water partition coefficient (Wildman–Crippen LogP) is 7.36. The van der Waals surface area contributed by atoms with E-state index in [9.17, 15) is 28.1 Å². The van der Waals surface area contributed by atoms with Gasteiger partial charge >= 0.3 is 6.18 Å². The quantitative estimate of drug-likeness (QED) is 0.150. The third-order valence-electron chi connectivity index (χ3n) is 7.03. The van der Waals surface area contributed by atoms with Crippen LogP contribution < -0.4 is 5.32 Å². The normalized spacial score (nSPS) is 12.4.